The van der Waals surface area contributed by atoms with Gasteiger partial charge in [0.15, 0.2) is 21.5 Å². The molecule has 44 heavy (non-hydrogen) atoms. The van der Waals surface area contributed by atoms with Gasteiger partial charge in [-0.15, -0.1) is 0 Å². The molecule has 3 aromatic carbocycles. The van der Waals surface area contributed by atoms with Crippen LogP contribution in [0.1, 0.15) is 50.7 Å². The summed E-state index contributed by atoms with van der Waals surface area (Å²) < 4.78 is 97.4. The summed E-state index contributed by atoms with van der Waals surface area (Å²) in [6.07, 6.45) is 2.75. The fourth-order valence-electron chi connectivity index (χ4n) is 6.51. The number of hydrogen-bond donors (Lipinski definition) is 1. The summed E-state index contributed by atoms with van der Waals surface area (Å²) >= 11 is 0. The van der Waals surface area contributed by atoms with E-state index in [1.54, 1.807) is 18.2 Å². The van der Waals surface area contributed by atoms with Crippen molar-refractivity contribution in [3.8, 4) is 11.1 Å². The molecule has 6 rings (SSSR count). The predicted molar refractivity (Wildman–Crippen MR) is 160 cm³/mol. The number of nitrogens with zero attached hydrogens (tertiary/aromatic N) is 3. The van der Waals surface area contributed by atoms with Crippen molar-refractivity contribution in [1.29, 1.82) is 0 Å². The van der Waals surface area contributed by atoms with Crippen molar-refractivity contribution in [2.45, 2.75) is 54.6 Å². The van der Waals surface area contributed by atoms with E-state index in [0.717, 1.165) is 12.8 Å². The maximum absolute atomic E-state index is 14.3. The normalized spacial score (nSPS) is 20.1. The number of sulfone groups is 1. The molecule has 0 amide bonds. The molecule has 234 valence electrons. The van der Waals surface area contributed by atoms with Crippen LogP contribution in [0.5, 0.6) is 0 Å². The second kappa shape index (κ2) is 10.9. The lowest BCUT2D eigenvalue weighted by Crippen LogP contribution is -2.49. The van der Waals surface area contributed by atoms with Gasteiger partial charge in [0.05, 0.1) is 15.0 Å². The van der Waals surface area contributed by atoms with Crippen LogP contribution in [0.2, 0.25) is 0 Å². The molecule has 0 unspecified atom stereocenters. The highest BCUT2D eigenvalue weighted by atomic mass is 32.2. The fraction of sp³-hybridized carbons (Fsp3) is 0.387. The standard InChI is InChI=1S/C31H32F3N3O5S2/c1-31(2)9-7-20(8-10-31)43(39,40)21-3-5-23-24-6-4-22(18-26(24)29(35-38)25(23)17-21)44(41,42)37-13-11-36(12-14-37)30-27(33)15-19(32)16-28(30)34/h3-6,15-18,20,38H,7-14H2,1-2H3/b35-29-. The lowest BCUT2D eigenvalue weighted by atomic mass is 9.77. The summed E-state index contributed by atoms with van der Waals surface area (Å²) in [5.41, 5.74) is 1.72. The molecule has 1 N–H and O–H groups in total. The molecule has 2 fully saturated rings. The molecule has 8 nitrogen and oxygen atoms in total. The van der Waals surface area contributed by atoms with Crippen molar-refractivity contribution in [3.63, 3.8) is 0 Å². The third kappa shape index (κ3) is 5.18. The molecule has 3 aliphatic rings. The van der Waals surface area contributed by atoms with Gasteiger partial charge < -0.3 is 10.1 Å². The minimum atomic E-state index is -4.06. The SMILES string of the molecule is CC1(C)CCC(S(=O)(=O)c2ccc3c(c2)/C(=N/O)c2cc(S(=O)(=O)N4CCN(c5c(F)cc(F)cc5F)CC4)ccc2-3)CC1. The molecule has 0 bridgehead atoms. The Morgan fingerprint density at radius 2 is 1.30 bits per heavy atom. The number of sulfonamides is 1. The van der Waals surface area contributed by atoms with Gasteiger partial charge >= 0.3 is 0 Å². The summed E-state index contributed by atoms with van der Waals surface area (Å²) in [4.78, 5) is 1.40. The summed E-state index contributed by atoms with van der Waals surface area (Å²) in [5.74, 6) is -3.17. The van der Waals surface area contributed by atoms with Crippen molar-refractivity contribution < 1.29 is 35.2 Å². The van der Waals surface area contributed by atoms with Gasteiger partial charge in [0.2, 0.25) is 10.0 Å². The van der Waals surface area contributed by atoms with Crippen molar-refractivity contribution in [2.75, 3.05) is 31.1 Å². The lowest BCUT2D eigenvalue weighted by molar-refractivity contribution is 0.246. The van der Waals surface area contributed by atoms with Crippen molar-refractivity contribution >= 4 is 31.3 Å². The van der Waals surface area contributed by atoms with E-state index in [4.69, 9.17) is 0 Å². The topological polar surface area (TPSA) is 107 Å². The summed E-state index contributed by atoms with van der Waals surface area (Å²) in [7, 11) is -7.70. The number of benzene rings is 3. The Bertz CT molecular complexity index is 1870. The van der Waals surface area contributed by atoms with Crippen LogP contribution in [0.4, 0.5) is 18.9 Å². The zero-order chi connectivity index (χ0) is 31.6. The van der Waals surface area contributed by atoms with Gasteiger partial charge in [0.1, 0.15) is 17.2 Å². The second-order valence-electron chi connectivity index (χ2n) is 12.4. The van der Waals surface area contributed by atoms with Gasteiger partial charge in [-0.2, -0.15) is 4.31 Å². The highest BCUT2D eigenvalue weighted by Crippen LogP contribution is 2.42. The van der Waals surface area contributed by atoms with Crippen LogP contribution in [0.3, 0.4) is 0 Å². The maximum Gasteiger partial charge on any atom is 0.243 e. The molecule has 2 aliphatic carbocycles. The predicted octanol–water partition coefficient (Wildman–Crippen LogP) is 5.56. The van der Waals surface area contributed by atoms with E-state index in [0.29, 0.717) is 47.2 Å². The van der Waals surface area contributed by atoms with Crippen LogP contribution in [-0.2, 0) is 19.9 Å². The van der Waals surface area contributed by atoms with Crippen LogP contribution < -0.4 is 4.90 Å². The van der Waals surface area contributed by atoms with Crippen LogP contribution >= 0.6 is 0 Å². The van der Waals surface area contributed by atoms with Gasteiger partial charge in [-0.3, -0.25) is 0 Å². The lowest BCUT2D eigenvalue weighted by Gasteiger charge is -2.35. The Hall–Kier alpha value is -3.42. The Morgan fingerprint density at radius 3 is 1.84 bits per heavy atom. The number of oxime groups is 1. The molecule has 0 atom stereocenters. The maximum atomic E-state index is 14.3. The van der Waals surface area contributed by atoms with Crippen molar-refractivity contribution in [3.05, 3.63) is 77.1 Å². The summed E-state index contributed by atoms with van der Waals surface area (Å²) in [6, 6.07) is 10.3. The van der Waals surface area contributed by atoms with Crippen LogP contribution in [-0.4, -0.2) is 63.5 Å². The molecule has 1 aliphatic heterocycles. The number of hydrogen-bond acceptors (Lipinski definition) is 7. The molecule has 1 heterocycles. The number of fused-ring (bicyclic) bond motifs is 3. The van der Waals surface area contributed by atoms with E-state index in [9.17, 15) is 35.2 Å². The Kier molecular flexibility index (Phi) is 7.57. The molecular formula is C31H32F3N3O5S2. The molecule has 0 spiro atoms. The third-order valence-electron chi connectivity index (χ3n) is 9.11. The number of halogens is 3. The Morgan fingerprint density at radius 1 is 0.773 bits per heavy atom. The highest BCUT2D eigenvalue weighted by molar-refractivity contribution is 7.92. The van der Waals surface area contributed by atoms with E-state index in [1.807, 2.05) is 0 Å². The number of anilines is 1. The first kappa shape index (κ1) is 30.6. The van der Waals surface area contributed by atoms with Gasteiger partial charge in [0.25, 0.3) is 0 Å². The zero-order valence-electron chi connectivity index (χ0n) is 24.2. The van der Waals surface area contributed by atoms with E-state index < -0.39 is 48.2 Å². The van der Waals surface area contributed by atoms with Gasteiger partial charge in [-0.1, -0.05) is 31.1 Å². The first-order chi connectivity index (χ1) is 20.7. The van der Waals surface area contributed by atoms with Gasteiger partial charge in [-0.25, -0.2) is 30.0 Å². The molecule has 0 radical (unpaired) electrons. The second-order valence-corrected chi connectivity index (χ2v) is 16.5. The molecule has 1 saturated carbocycles. The zero-order valence-corrected chi connectivity index (χ0v) is 25.9. The fourth-order valence-corrected chi connectivity index (χ4v) is 9.74. The molecule has 0 aromatic heterocycles. The van der Waals surface area contributed by atoms with Gasteiger partial charge in [-0.05, 0) is 66.5 Å². The average molecular weight is 648 g/mol. The van der Waals surface area contributed by atoms with E-state index in [2.05, 4.69) is 19.0 Å². The highest BCUT2D eigenvalue weighted by Gasteiger charge is 2.37. The van der Waals surface area contributed by atoms with E-state index >= 15 is 0 Å². The minimum absolute atomic E-state index is 0.0197. The first-order valence-corrected chi connectivity index (χ1v) is 17.4. The average Bonchev–Trinajstić information content (AvgIpc) is 3.29. The Labute approximate surface area is 254 Å². The largest absolute Gasteiger partial charge is 0.410 e. The smallest absolute Gasteiger partial charge is 0.243 e. The van der Waals surface area contributed by atoms with Crippen molar-refractivity contribution in [1.82, 2.24) is 4.31 Å². The quantitative estimate of drug-likeness (QED) is 0.225. The molecule has 3 aromatic rings. The molecule has 13 heteroatoms. The Balaban J connectivity index is 1.24. The first-order valence-electron chi connectivity index (χ1n) is 14.4. The van der Waals surface area contributed by atoms with Gasteiger partial charge in [0, 0.05) is 49.4 Å². The van der Waals surface area contributed by atoms with Crippen molar-refractivity contribution in [2.24, 2.45) is 10.6 Å². The van der Waals surface area contributed by atoms with Crippen LogP contribution in [0.15, 0.2) is 63.5 Å². The van der Waals surface area contributed by atoms with Crippen LogP contribution in [0.25, 0.3) is 11.1 Å². The number of rotatable bonds is 5. The number of piperazine rings is 1. The molecule has 1 saturated heterocycles. The van der Waals surface area contributed by atoms with E-state index in [-0.39, 0.29) is 47.1 Å². The van der Waals surface area contributed by atoms with E-state index in [1.165, 1.54) is 27.4 Å². The summed E-state index contributed by atoms with van der Waals surface area (Å²) in [5, 5.41) is 12.9. The monoisotopic (exact) mass is 647 g/mol. The minimum Gasteiger partial charge on any atom is -0.410 e. The molecular weight excluding hydrogens is 615 g/mol. The van der Waals surface area contributed by atoms with Crippen LogP contribution in [0, 0.1) is 22.9 Å². The summed E-state index contributed by atoms with van der Waals surface area (Å²) in [6.45, 7) is 4.09. The third-order valence-corrected chi connectivity index (χ3v) is 13.3.